The number of hydrogen-bond donors (Lipinski definition) is 1. The molecule has 0 aromatic carbocycles. The lowest BCUT2D eigenvalue weighted by Gasteiger charge is -1.99. The second-order valence-electron chi connectivity index (χ2n) is 2.55. The Morgan fingerprint density at radius 1 is 1.70 bits per heavy atom. The first kappa shape index (κ1) is 7.25. The minimum atomic E-state index is -0.0000463. The predicted molar refractivity (Wildman–Crippen MR) is 39.6 cm³/mol. The van der Waals surface area contributed by atoms with E-state index in [4.69, 9.17) is 0 Å². The van der Waals surface area contributed by atoms with Crippen molar-refractivity contribution < 1.29 is 4.79 Å². The largest absolute Gasteiger partial charge is 0.272 e. The zero-order valence-corrected chi connectivity index (χ0v) is 6.35. The molecule has 0 bridgehead atoms. The SMILES string of the molecule is CCCC1=NNC(=O)[C@@H]1C. The second kappa shape index (κ2) is 2.82. The summed E-state index contributed by atoms with van der Waals surface area (Å²) in [5, 5.41) is 3.90. The summed E-state index contributed by atoms with van der Waals surface area (Å²) in [6, 6.07) is 0. The van der Waals surface area contributed by atoms with Gasteiger partial charge in [0.15, 0.2) is 0 Å². The number of amides is 1. The summed E-state index contributed by atoms with van der Waals surface area (Å²) in [6.45, 7) is 3.97. The molecule has 3 nitrogen and oxygen atoms in total. The first-order chi connectivity index (χ1) is 4.75. The lowest BCUT2D eigenvalue weighted by molar-refractivity contribution is -0.121. The van der Waals surface area contributed by atoms with Crippen molar-refractivity contribution >= 4 is 11.6 Å². The Morgan fingerprint density at radius 2 is 2.40 bits per heavy atom. The topological polar surface area (TPSA) is 41.5 Å². The van der Waals surface area contributed by atoms with E-state index in [9.17, 15) is 4.79 Å². The molecule has 1 heterocycles. The van der Waals surface area contributed by atoms with Crippen molar-refractivity contribution in [3.8, 4) is 0 Å². The summed E-state index contributed by atoms with van der Waals surface area (Å²) in [5.41, 5.74) is 3.45. The predicted octanol–water partition coefficient (Wildman–Crippen LogP) is 0.908. The monoisotopic (exact) mass is 140 g/mol. The van der Waals surface area contributed by atoms with E-state index in [-0.39, 0.29) is 11.8 Å². The number of carbonyl (C=O) groups excluding carboxylic acids is 1. The minimum absolute atomic E-state index is 0.0000463. The highest BCUT2D eigenvalue weighted by molar-refractivity contribution is 6.07. The normalized spacial score (nSPS) is 24.4. The van der Waals surface area contributed by atoms with Crippen molar-refractivity contribution in [1.82, 2.24) is 5.43 Å². The summed E-state index contributed by atoms with van der Waals surface area (Å²) in [6.07, 6.45) is 1.98. The summed E-state index contributed by atoms with van der Waals surface area (Å²) in [4.78, 5) is 10.8. The molecule has 0 saturated heterocycles. The fourth-order valence-electron chi connectivity index (χ4n) is 1.00. The van der Waals surface area contributed by atoms with Crippen LogP contribution in [0.5, 0.6) is 0 Å². The van der Waals surface area contributed by atoms with Crippen LogP contribution in [0.3, 0.4) is 0 Å². The maximum Gasteiger partial charge on any atom is 0.248 e. The third-order valence-electron chi connectivity index (χ3n) is 1.71. The van der Waals surface area contributed by atoms with Gasteiger partial charge in [-0.2, -0.15) is 5.10 Å². The summed E-state index contributed by atoms with van der Waals surface area (Å²) in [7, 11) is 0. The Kier molecular flexibility index (Phi) is 2.04. The van der Waals surface area contributed by atoms with Crippen LogP contribution in [0.25, 0.3) is 0 Å². The van der Waals surface area contributed by atoms with Crippen LogP contribution in [-0.2, 0) is 4.79 Å². The fourth-order valence-corrected chi connectivity index (χ4v) is 1.00. The second-order valence-corrected chi connectivity index (χ2v) is 2.55. The Morgan fingerprint density at radius 3 is 2.80 bits per heavy atom. The standard InChI is InChI=1S/C7H12N2O/c1-3-4-6-5(2)7(10)9-8-6/h5H,3-4H2,1-2H3,(H,9,10)/t5-/m1/s1. The van der Waals surface area contributed by atoms with Gasteiger partial charge < -0.3 is 0 Å². The van der Waals surface area contributed by atoms with Gasteiger partial charge in [-0.3, -0.25) is 4.79 Å². The van der Waals surface area contributed by atoms with Crippen molar-refractivity contribution in [3.63, 3.8) is 0 Å². The Balaban J connectivity index is 2.54. The quantitative estimate of drug-likeness (QED) is 0.608. The van der Waals surface area contributed by atoms with Gasteiger partial charge in [-0.25, -0.2) is 5.43 Å². The van der Waals surface area contributed by atoms with Gasteiger partial charge >= 0.3 is 0 Å². The molecule has 1 aliphatic rings. The van der Waals surface area contributed by atoms with Gasteiger partial charge in [0.05, 0.1) is 11.6 Å². The maximum absolute atomic E-state index is 10.8. The Bertz CT molecular complexity index is 174. The van der Waals surface area contributed by atoms with Gasteiger partial charge in [0.2, 0.25) is 5.91 Å². The molecule has 0 radical (unpaired) electrons. The highest BCUT2D eigenvalue weighted by Crippen LogP contribution is 2.09. The molecule has 3 heteroatoms. The third kappa shape index (κ3) is 1.17. The van der Waals surface area contributed by atoms with E-state index < -0.39 is 0 Å². The number of nitrogens with one attached hydrogen (secondary N) is 1. The molecular formula is C7H12N2O. The fraction of sp³-hybridized carbons (Fsp3) is 0.714. The van der Waals surface area contributed by atoms with E-state index in [0.29, 0.717) is 0 Å². The Hall–Kier alpha value is -0.860. The van der Waals surface area contributed by atoms with Gasteiger partial charge in [0.1, 0.15) is 0 Å². The molecule has 1 atom stereocenters. The number of hydrogen-bond acceptors (Lipinski definition) is 2. The molecule has 0 fully saturated rings. The van der Waals surface area contributed by atoms with Crippen LogP contribution in [0.2, 0.25) is 0 Å². The summed E-state index contributed by atoms with van der Waals surface area (Å²) < 4.78 is 0. The van der Waals surface area contributed by atoms with E-state index in [1.54, 1.807) is 0 Å². The smallest absolute Gasteiger partial charge is 0.248 e. The molecule has 0 aromatic rings. The molecule has 10 heavy (non-hydrogen) atoms. The third-order valence-corrected chi connectivity index (χ3v) is 1.71. The molecule has 0 spiro atoms. The highest BCUT2D eigenvalue weighted by atomic mass is 16.2. The lowest BCUT2D eigenvalue weighted by atomic mass is 10.0. The zero-order chi connectivity index (χ0) is 7.56. The molecule has 1 rings (SSSR count). The molecule has 1 N–H and O–H groups in total. The van der Waals surface area contributed by atoms with Crippen molar-refractivity contribution in [2.24, 2.45) is 11.0 Å². The molecule has 0 aromatic heterocycles. The molecule has 0 aliphatic carbocycles. The average Bonchev–Trinajstić information content (AvgIpc) is 2.20. The lowest BCUT2D eigenvalue weighted by Crippen LogP contribution is -2.19. The zero-order valence-electron chi connectivity index (χ0n) is 6.35. The van der Waals surface area contributed by atoms with Crippen LogP contribution in [0.15, 0.2) is 5.10 Å². The van der Waals surface area contributed by atoms with Gasteiger partial charge in [0.25, 0.3) is 0 Å². The minimum Gasteiger partial charge on any atom is -0.272 e. The van der Waals surface area contributed by atoms with E-state index in [0.717, 1.165) is 18.6 Å². The van der Waals surface area contributed by atoms with Crippen LogP contribution in [0.4, 0.5) is 0 Å². The van der Waals surface area contributed by atoms with E-state index in [1.165, 1.54) is 0 Å². The van der Waals surface area contributed by atoms with Crippen molar-refractivity contribution in [2.45, 2.75) is 26.7 Å². The van der Waals surface area contributed by atoms with Gasteiger partial charge in [0, 0.05) is 0 Å². The van der Waals surface area contributed by atoms with Gasteiger partial charge in [-0.05, 0) is 13.3 Å². The van der Waals surface area contributed by atoms with Crippen LogP contribution < -0.4 is 5.43 Å². The molecule has 0 saturated carbocycles. The maximum atomic E-state index is 10.8. The van der Waals surface area contributed by atoms with Crippen molar-refractivity contribution in [2.75, 3.05) is 0 Å². The first-order valence-corrected chi connectivity index (χ1v) is 3.62. The van der Waals surface area contributed by atoms with Crippen molar-refractivity contribution in [3.05, 3.63) is 0 Å². The number of nitrogens with zero attached hydrogens (tertiary/aromatic N) is 1. The summed E-state index contributed by atoms with van der Waals surface area (Å²) >= 11 is 0. The molecule has 0 unspecified atom stereocenters. The van der Waals surface area contributed by atoms with Gasteiger partial charge in [-0.1, -0.05) is 13.3 Å². The summed E-state index contributed by atoms with van der Waals surface area (Å²) in [5.74, 6) is 0.0309. The van der Waals surface area contributed by atoms with Crippen LogP contribution >= 0.6 is 0 Å². The Labute approximate surface area is 60.5 Å². The molecule has 56 valence electrons. The average molecular weight is 140 g/mol. The van der Waals surface area contributed by atoms with Gasteiger partial charge in [-0.15, -0.1) is 0 Å². The van der Waals surface area contributed by atoms with Crippen LogP contribution in [-0.4, -0.2) is 11.6 Å². The molecule has 1 amide bonds. The van der Waals surface area contributed by atoms with Crippen LogP contribution in [0.1, 0.15) is 26.7 Å². The van der Waals surface area contributed by atoms with Crippen molar-refractivity contribution in [1.29, 1.82) is 0 Å². The van der Waals surface area contributed by atoms with Crippen LogP contribution in [0, 0.1) is 5.92 Å². The molecular weight excluding hydrogens is 128 g/mol. The number of carbonyl (C=O) groups is 1. The number of rotatable bonds is 2. The first-order valence-electron chi connectivity index (χ1n) is 3.62. The van der Waals surface area contributed by atoms with E-state index in [1.807, 2.05) is 6.92 Å². The van der Waals surface area contributed by atoms with E-state index >= 15 is 0 Å². The highest BCUT2D eigenvalue weighted by Gasteiger charge is 2.23. The van der Waals surface area contributed by atoms with E-state index in [2.05, 4.69) is 17.5 Å². The number of hydrazone groups is 1. The molecule has 1 aliphatic heterocycles.